The molecule has 0 fully saturated rings. The summed E-state index contributed by atoms with van der Waals surface area (Å²) in [4.78, 5) is 4.31. The summed E-state index contributed by atoms with van der Waals surface area (Å²) >= 11 is 5.90. The van der Waals surface area contributed by atoms with Crippen LogP contribution in [0.3, 0.4) is 0 Å². The van der Waals surface area contributed by atoms with Gasteiger partial charge in [0.15, 0.2) is 0 Å². The second kappa shape index (κ2) is 5.72. The first-order valence-electron chi connectivity index (χ1n) is 6.44. The van der Waals surface area contributed by atoms with E-state index in [1.165, 1.54) is 0 Å². The zero-order valence-electron chi connectivity index (χ0n) is 11.3. The molecule has 2 rings (SSSR count). The maximum absolute atomic E-state index is 6.42. The summed E-state index contributed by atoms with van der Waals surface area (Å²) in [7, 11) is 0. The smallest absolute Gasteiger partial charge is 0.138 e. The average Bonchev–Trinajstić information content (AvgIpc) is 2.77. The molecule has 0 aliphatic carbocycles. The maximum atomic E-state index is 6.42. The molecule has 1 unspecified atom stereocenters. The van der Waals surface area contributed by atoms with Crippen molar-refractivity contribution in [2.24, 2.45) is 5.73 Å². The number of rotatable bonds is 5. The standard InChI is InChI=1S/C14H19ClN4/c1-3-8-19-13(17-10-18-19)9-14(2,16)11-4-6-12(15)7-5-11/h4-7,10H,3,8-9,16H2,1-2H3. The Labute approximate surface area is 118 Å². The first-order valence-corrected chi connectivity index (χ1v) is 6.82. The van der Waals surface area contributed by atoms with Gasteiger partial charge in [-0.05, 0) is 31.0 Å². The highest BCUT2D eigenvalue weighted by atomic mass is 35.5. The molecule has 0 bridgehead atoms. The van der Waals surface area contributed by atoms with Crippen molar-refractivity contribution in [3.8, 4) is 0 Å². The van der Waals surface area contributed by atoms with Crippen LogP contribution in [0.1, 0.15) is 31.7 Å². The van der Waals surface area contributed by atoms with Crippen LogP contribution in [0.2, 0.25) is 5.02 Å². The molecule has 0 saturated heterocycles. The van der Waals surface area contributed by atoms with E-state index in [0.29, 0.717) is 11.4 Å². The highest BCUT2D eigenvalue weighted by Crippen LogP contribution is 2.23. The second-order valence-electron chi connectivity index (χ2n) is 5.00. The number of hydrogen-bond acceptors (Lipinski definition) is 3. The summed E-state index contributed by atoms with van der Waals surface area (Å²) < 4.78 is 1.92. The number of benzene rings is 1. The topological polar surface area (TPSA) is 56.7 Å². The number of hydrogen-bond donors (Lipinski definition) is 1. The lowest BCUT2D eigenvalue weighted by Gasteiger charge is -2.25. The van der Waals surface area contributed by atoms with Crippen LogP contribution >= 0.6 is 11.6 Å². The molecule has 1 heterocycles. The molecule has 1 aromatic carbocycles. The summed E-state index contributed by atoms with van der Waals surface area (Å²) in [6, 6.07) is 7.64. The van der Waals surface area contributed by atoms with Gasteiger partial charge >= 0.3 is 0 Å². The third-order valence-electron chi connectivity index (χ3n) is 3.16. The molecule has 0 radical (unpaired) electrons. The van der Waals surface area contributed by atoms with Crippen molar-refractivity contribution >= 4 is 11.6 Å². The maximum Gasteiger partial charge on any atom is 0.138 e. The fourth-order valence-electron chi connectivity index (χ4n) is 2.08. The van der Waals surface area contributed by atoms with E-state index in [9.17, 15) is 0 Å². The summed E-state index contributed by atoms with van der Waals surface area (Å²) in [5.74, 6) is 0.918. The SMILES string of the molecule is CCCn1ncnc1CC(C)(N)c1ccc(Cl)cc1. The monoisotopic (exact) mass is 278 g/mol. The minimum Gasteiger partial charge on any atom is -0.321 e. The van der Waals surface area contributed by atoms with Crippen LogP contribution in [0.15, 0.2) is 30.6 Å². The average molecular weight is 279 g/mol. The van der Waals surface area contributed by atoms with E-state index in [1.807, 2.05) is 35.9 Å². The number of halogens is 1. The Morgan fingerprint density at radius 3 is 2.63 bits per heavy atom. The van der Waals surface area contributed by atoms with Crippen molar-refractivity contribution in [2.75, 3.05) is 0 Å². The van der Waals surface area contributed by atoms with Crippen LogP contribution in [0.5, 0.6) is 0 Å². The number of aromatic nitrogens is 3. The van der Waals surface area contributed by atoms with Gasteiger partial charge in [0.2, 0.25) is 0 Å². The van der Waals surface area contributed by atoms with Crippen molar-refractivity contribution in [1.82, 2.24) is 14.8 Å². The van der Waals surface area contributed by atoms with Crippen LogP contribution < -0.4 is 5.73 Å². The Kier molecular flexibility index (Phi) is 4.22. The quantitative estimate of drug-likeness (QED) is 0.915. The van der Waals surface area contributed by atoms with Gasteiger partial charge in [-0.1, -0.05) is 30.7 Å². The molecule has 1 atom stereocenters. The Balaban J connectivity index is 2.20. The molecule has 1 aromatic heterocycles. The highest BCUT2D eigenvalue weighted by Gasteiger charge is 2.24. The Morgan fingerprint density at radius 1 is 1.32 bits per heavy atom. The van der Waals surface area contributed by atoms with Gasteiger partial charge in [-0.3, -0.25) is 4.68 Å². The Bertz CT molecular complexity index is 531. The van der Waals surface area contributed by atoms with Crippen molar-refractivity contribution in [1.29, 1.82) is 0 Å². The van der Waals surface area contributed by atoms with Crippen LogP contribution in [0.25, 0.3) is 0 Å². The van der Waals surface area contributed by atoms with Crippen molar-refractivity contribution < 1.29 is 0 Å². The molecular formula is C14H19ClN4. The number of nitrogens with two attached hydrogens (primary N) is 1. The molecular weight excluding hydrogens is 260 g/mol. The van der Waals surface area contributed by atoms with Gasteiger partial charge in [0.1, 0.15) is 12.2 Å². The van der Waals surface area contributed by atoms with Crippen LogP contribution in [0.4, 0.5) is 0 Å². The molecule has 0 aliphatic heterocycles. The van der Waals surface area contributed by atoms with Gasteiger partial charge in [-0.25, -0.2) is 4.98 Å². The van der Waals surface area contributed by atoms with E-state index in [2.05, 4.69) is 17.0 Å². The van der Waals surface area contributed by atoms with E-state index in [1.54, 1.807) is 6.33 Å². The number of nitrogens with zero attached hydrogens (tertiary/aromatic N) is 3. The lowest BCUT2D eigenvalue weighted by Crippen LogP contribution is -2.36. The first kappa shape index (κ1) is 14.0. The molecule has 0 amide bonds. The molecule has 2 aromatic rings. The van der Waals surface area contributed by atoms with E-state index in [4.69, 9.17) is 17.3 Å². The molecule has 5 heteroatoms. The Morgan fingerprint density at radius 2 is 2.00 bits per heavy atom. The molecule has 4 nitrogen and oxygen atoms in total. The predicted molar refractivity (Wildman–Crippen MR) is 77.0 cm³/mol. The molecule has 0 spiro atoms. The van der Waals surface area contributed by atoms with Crippen molar-refractivity contribution in [2.45, 2.75) is 38.8 Å². The van der Waals surface area contributed by atoms with Crippen LogP contribution in [-0.4, -0.2) is 14.8 Å². The Hall–Kier alpha value is -1.39. The van der Waals surface area contributed by atoms with Crippen molar-refractivity contribution in [3.63, 3.8) is 0 Å². The number of aryl methyl sites for hydroxylation is 1. The lowest BCUT2D eigenvalue weighted by atomic mass is 9.89. The second-order valence-corrected chi connectivity index (χ2v) is 5.44. The van der Waals surface area contributed by atoms with Gasteiger partial charge in [-0.2, -0.15) is 5.10 Å². The van der Waals surface area contributed by atoms with Crippen LogP contribution in [-0.2, 0) is 18.5 Å². The van der Waals surface area contributed by atoms with Crippen LogP contribution in [0, 0.1) is 0 Å². The summed E-state index contributed by atoms with van der Waals surface area (Å²) in [5.41, 5.74) is 6.98. The molecule has 0 aliphatic rings. The fraction of sp³-hybridized carbons (Fsp3) is 0.429. The van der Waals surface area contributed by atoms with Crippen molar-refractivity contribution in [3.05, 3.63) is 47.0 Å². The summed E-state index contributed by atoms with van der Waals surface area (Å²) in [6.45, 7) is 4.99. The summed E-state index contributed by atoms with van der Waals surface area (Å²) in [6.07, 6.45) is 3.26. The highest BCUT2D eigenvalue weighted by molar-refractivity contribution is 6.30. The zero-order valence-corrected chi connectivity index (χ0v) is 12.1. The first-order chi connectivity index (χ1) is 9.03. The lowest BCUT2D eigenvalue weighted by molar-refractivity contribution is 0.451. The third kappa shape index (κ3) is 3.33. The molecule has 2 N–H and O–H groups in total. The zero-order chi connectivity index (χ0) is 13.9. The van der Waals surface area contributed by atoms with Gasteiger partial charge in [0.05, 0.1) is 0 Å². The van der Waals surface area contributed by atoms with E-state index in [-0.39, 0.29) is 0 Å². The van der Waals surface area contributed by atoms with E-state index < -0.39 is 5.54 Å². The van der Waals surface area contributed by atoms with E-state index >= 15 is 0 Å². The summed E-state index contributed by atoms with van der Waals surface area (Å²) in [5, 5.41) is 4.94. The third-order valence-corrected chi connectivity index (χ3v) is 3.41. The van der Waals surface area contributed by atoms with E-state index in [0.717, 1.165) is 24.4 Å². The molecule has 102 valence electrons. The molecule has 19 heavy (non-hydrogen) atoms. The fourth-order valence-corrected chi connectivity index (χ4v) is 2.21. The molecule has 0 saturated carbocycles. The minimum absolute atomic E-state index is 0.483. The predicted octanol–water partition coefficient (Wildman–Crippen LogP) is 2.76. The van der Waals surface area contributed by atoms with Gasteiger partial charge in [-0.15, -0.1) is 0 Å². The normalized spacial score (nSPS) is 14.3. The largest absolute Gasteiger partial charge is 0.321 e. The van der Waals surface area contributed by atoms with Gasteiger partial charge in [0, 0.05) is 23.5 Å². The van der Waals surface area contributed by atoms with Gasteiger partial charge < -0.3 is 5.73 Å². The van der Waals surface area contributed by atoms with Gasteiger partial charge in [0.25, 0.3) is 0 Å². The minimum atomic E-state index is -0.483.